The lowest BCUT2D eigenvalue weighted by Gasteiger charge is -2.42. The van der Waals surface area contributed by atoms with E-state index >= 15 is 0 Å². The van der Waals surface area contributed by atoms with Gasteiger partial charge in [-0.1, -0.05) is 30.8 Å². The predicted molar refractivity (Wildman–Crippen MR) is 132 cm³/mol. The Hall–Kier alpha value is -4.18. The summed E-state index contributed by atoms with van der Waals surface area (Å²) in [5.41, 5.74) is 8.89. The first kappa shape index (κ1) is 21.4. The molecule has 1 aliphatic heterocycles. The number of nitrogens with one attached hydrogen (secondary N) is 3. The van der Waals surface area contributed by atoms with Gasteiger partial charge in [0.15, 0.2) is 5.65 Å². The summed E-state index contributed by atoms with van der Waals surface area (Å²) in [5.74, 6) is 0.216. The van der Waals surface area contributed by atoms with Crippen molar-refractivity contribution in [1.29, 1.82) is 0 Å². The summed E-state index contributed by atoms with van der Waals surface area (Å²) in [6.07, 6.45) is 4.09. The fourth-order valence-corrected chi connectivity index (χ4v) is 5.64. The molecule has 6 N–H and O–H groups in total. The van der Waals surface area contributed by atoms with Crippen molar-refractivity contribution in [1.82, 2.24) is 25.1 Å². The maximum atomic E-state index is 13.1. The van der Waals surface area contributed by atoms with Crippen LogP contribution in [0.2, 0.25) is 0 Å². The highest BCUT2D eigenvalue weighted by Crippen LogP contribution is 2.50. The van der Waals surface area contributed by atoms with Crippen LogP contribution in [0.25, 0.3) is 16.6 Å². The van der Waals surface area contributed by atoms with Gasteiger partial charge in [-0.3, -0.25) is 19.7 Å². The molecule has 0 saturated carbocycles. The smallest absolute Gasteiger partial charge is 0.264 e. The van der Waals surface area contributed by atoms with E-state index in [1.54, 1.807) is 0 Å². The highest BCUT2D eigenvalue weighted by Gasteiger charge is 2.46. The van der Waals surface area contributed by atoms with E-state index in [0.29, 0.717) is 5.95 Å². The van der Waals surface area contributed by atoms with Gasteiger partial charge in [0.05, 0.1) is 5.56 Å². The number of fused-ring (bicyclic) bond motifs is 2. The lowest BCUT2D eigenvalue weighted by Crippen LogP contribution is -2.45. The number of rotatable bonds is 3. The van der Waals surface area contributed by atoms with Gasteiger partial charge in [-0.15, -0.1) is 0 Å². The summed E-state index contributed by atoms with van der Waals surface area (Å²) in [6.45, 7) is 5.33. The summed E-state index contributed by atoms with van der Waals surface area (Å²) in [6, 6.07) is 9.74. The zero-order chi connectivity index (χ0) is 24.3. The Morgan fingerprint density at radius 1 is 1.17 bits per heavy atom. The van der Waals surface area contributed by atoms with E-state index in [9.17, 15) is 14.7 Å². The fourth-order valence-electron chi connectivity index (χ4n) is 5.64. The van der Waals surface area contributed by atoms with Gasteiger partial charge >= 0.3 is 0 Å². The number of hydrogen-bond acceptors (Lipinski definition) is 7. The van der Waals surface area contributed by atoms with Crippen LogP contribution in [-0.2, 0) is 6.42 Å². The number of nitrogens with two attached hydrogens (primary N) is 1. The van der Waals surface area contributed by atoms with Gasteiger partial charge in [0, 0.05) is 30.9 Å². The van der Waals surface area contributed by atoms with Gasteiger partial charge in [0.2, 0.25) is 5.95 Å². The van der Waals surface area contributed by atoms with Crippen LogP contribution in [0.15, 0.2) is 52.7 Å². The van der Waals surface area contributed by atoms with Crippen molar-refractivity contribution in [2.24, 2.45) is 11.1 Å². The number of anilines is 1. The van der Waals surface area contributed by atoms with Crippen molar-refractivity contribution in [3.8, 4) is 5.75 Å². The third-order valence-electron chi connectivity index (χ3n) is 7.59. The minimum Gasteiger partial charge on any atom is -0.507 e. The maximum absolute atomic E-state index is 13.1. The first-order valence-corrected chi connectivity index (χ1v) is 11.5. The number of aromatic hydroxyl groups is 1. The van der Waals surface area contributed by atoms with Crippen LogP contribution in [0.3, 0.4) is 0 Å². The third kappa shape index (κ3) is 3.21. The van der Waals surface area contributed by atoms with Crippen molar-refractivity contribution >= 4 is 22.6 Å². The van der Waals surface area contributed by atoms with E-state index in [2.05, 4.69) is 54.8 Å². The molecule has 3 aromatic heterocycles. The Balaban J connectivity index is 1.28. The first-order valence-electron chi connectivity index (χ1n) is 11.5. The molecule has 0 radical (unpaired) electrons. The third-order valence-corrected chi connectivity index (χ3v) is 7.59. The average Bonchev–Trinajstić information content (AvgIpc) is 3.39. The predicted octanol–water partition coefficient (Wildman–Crippen LogP) is 1.94. The van der Waals surface area contributed by atoms with Gasteiger partial charge in [0.1, 0.15) is 16.8 Å². The van der Waals surface area contributed by atoms with E-state index in [0.717, 1.165) is 32.4 Å². The molecule has 35 heavy (non-hydrogen) atoms. The molecule has 1 aliphatic carbocycles. The van der Waals surface area contributed by atoms with Crippen molar-refractivity contribution < 1.29 is 5.11 Å². The van der Waals surface area contributed by atoms with Crippen LogP contribution in [0.4, 0.5) is 5.95 Å². The highest BCUT2D eigenvalue weighted by atomic mass is 16.3. The largest absolute Gasteiger partial charge is 0.507 e. The number of aromatic nitrogens is 5. The number of nitrogens with zero attached hydrogens (tertiary/aromatic N) is 3. The molecule has 0 amide bonds. The van der Waals surface area contributed by atoms with Gasteiger partial charge in [-0.2, -0.15) is 10.1 Å². The topological polar surface area (TPSA) is 157 Å². The van der Waals surface area contributed by atoms with E-state index in [-0.39, 0.29) is 45.1 Å². The minimum absolute atomic E-state index is 0.00840. The number of H-pyrrole nitrogens is 3. The number of piperidine rings is 1. The zero-order valence-corrected chi connectivity index (χ0v) is 19.0. The van der Waals surface area contributed by atoms with Crippen LogP contribution in [0.5, 0.6) is 5.75 Å². The second kappa shape index (κ2) is 7.67. The Labute approximate surface area is 199 Å². The lowest BCUT2D eigenvalue weighted by atomic mass is 9.73. The summed E-state index contributed by atoms with van der Waals surface area (Å²) in [4.78, 5) is 37.3. The molecule has 0 bridgehead atoms. The summed E-state index contributed by atoms with van der Waals surface area (Å²) < 4.78 is 0. The lowest BCUT2D eigenvalue weighted by molar-refractivity contribution is 0.187. The van der Waals surface area contributed by atoms with E-state index in [4.69, 9.17) is 5.73 Å². The highest BCUT2D eigenvalue weighted by molar-refractivity contribution is 5.93. The molecule has 1 fully saturated rings. The summed E-state index contributed by atoms with van der Waals surface area (Å²) in [5, 5.41) is 17.3. The average molecular weight is 472 g/mol. The van der Waals surface area contributed by atoms with Crippen LogP contribution in [-0.4, -0.2) is 43.3 Å². The molecule has 10 nitrogen and oxygen atoms in total. The number of aromatic amines is 3. The van der Waals surface area contributed by atoms with E-state index in [1.165, 1.54) is 23.4 Å². The van der Waals surface area contributed by atoms with Gasteiger partial charge in [-0.25, -0.2) is 0 Å². The van der Waals surface area contributed by atoms with Crippen LogP contribution >= 0.6 is 0 Å². The molecular weight excluding hydrogens is 446 g/mol. The molecule has 6 rings (SSSR count). The molecule has 178 valence electrons. The van der Waals surface area contributed by atoms with E-state index in [1.807, 2.05) is 6.07 Å². The standard InChI is InChI=1S/C25H25N7O3/c1-13(17-16(33)6-9-27-22(17)34)19-18-21(31-30-19)28-24(29-23(18)35)32-10-7-25(8-11-32)12-14-4-2-3-5-15(14)20(25)26/h2-6,9,20H,1,7-8,10-12,26H2,(H2,27,33,34)(H2,28,29,30,31,35)/t20-/m1/s1. The Morgan fingerprint density at radius 2 is 1.94 bits per heavy atom. The van der Waals surface area contributed by atoms with Crippen LogP contribution in [0, 0.1) is 5.41 Å². The number of hydrogen-bond donors (Lipinski definition) is 5. The summed E-state index contributed by atoms with van der Waals surface area (Å²) in [7, 11) is 0. The van der Waals surface area contributed by atoms with E-state index < -0.39 is 11.1 Å². The molecule has 0 unspecified atom stereocenters. The first-order chi connectivity index (χ1) is 16.9. The molecular formula is C25H25N7O3. The van der Waals surface area contributed by atoms with Crippen molar-refractivity contribution in [2.75, 3.05) is 18.0 Å². The van der Waals surface area contributed by atoms with Gasteiger partial charge in [-0.05, 0) is 41.9 Å². The second-order valence-corrected chi connectivity index (χ2v) is 9.43. The normalized spacial score (nSPS) is 18.8. The van der Waals surface area contributed by atoms with Crippen molar-refractivity contribution in [3.05, 3.63) is 86.2 Å². The molecule has 1 aromatic carbocycles. The Bertz CT molecular complexity index is 1590. The SMILES string of the molecule is C=C(c1c(O)cc[nH]c1=O)c1n[nH]c2nc(N3CCC4(CC3)Cc3ccccc3[C@H]4N)[nH]c(=O)c12. The minimum atomic E-state index is -0.526. The monoisotopic (exact) mass is 471 g/mol. The fraction of sp³-hybridized carbons (Fsp3) is 0.280. The molecule has 4 heterocycles. The van der Waals surface area contributed by atoms with Crippen LogP contribution in [0.1, 0.15) is 41.3 Å². The molecule has 4 aromatic rings. The van der Waals surface area contributed by atoms with Crippen molar-refractivity contribution in [3.63, 3.8) is 0 Å². The maximum Gasteiger partial charge on any atom is 0.264 e. The number of pyridine rings is 1. The second-order valence-electron chi connectivity index (χ2n) is 9.43. The number of benzene rings is 1. The van der Waals surface area contributed by atoms with Gasteiger partial charge < -0.3 is 20.7 Å². The zero-order valence-electron chi connectivity index (χ0n) is 19.0. The molecule has 1 spiro atoms. The summed E-state index contributed by atoms with van der Waals surface area (Å²) >= 11 is 0. The Kier molecular flexibility index (Phi) is 4.68. The van der Waals surface area contributed by atoms with Gasteiger partial charge in [0.25, 0.3) is 11.1 Å². The molecule has 10 heteroatoms. The Morgan fingerprint density at radius 3 is 2.69 bits per heavy atom. The molecule has 1 atom stereocenters. The molecule has 1 saturated heterocycles. The van der Waals surface area contributed by atoms with Crippen LogP contribution < -0.4 is 21.8 Å². The quantitative estimate of drug-likeness (QED) is 0.306. The van der Waals surface area contributed by atoms with Crippen molar-refractivity contribution in [2.45, 2.75) is 25.3 Å². The molecule has 2 aliphatic rings.